The molecule has 2 atom stereocenters. The van der Waals surface area contributed by atoms with E-state index in [1.54, 1.807) is 0 Å². The van der Waals surface area contributed by atoms with E-state index in [1.807, 2.05) is 11.3 Å². The van der Waals surface area contributed by atoms with Crippen LogP contribution in [0.4, 0.5) is 0 Å². The Bertz CT molecular complexity index is 595. The van der Waals surface area contributed by atoms with Crippen molar-refractivity contribution in [3.63, 3.8) is 0 Å². The van der Waals surface area contributed by atoms with E-state index < -0.39 is 0 Å². The number of hydrogen-bond acceptors (Lipinski definition) is 3. The van der Waals surface area contributed by atoms with Crippen LogP contribution in [-0.4, -0.2) is 24.0 Å². The van der Waals surface area contributed by atoms with Crippen molar-refractivity contribution in [1.29, 1.82) is 0 Å². The van der Waals surface area contributed by atoms with Crippen molar-refractivity contribution in [2.24, 2.45) is 11.7 Å². The highest BCUT2D eigenvalue weighted by molar-refractivity contribution is 7.19. The van der Waals surface area contributed by atoms with Gasteiger partial charge in [0.1, 0.15) is 0 Å². The summed E-state index contributed by atoms with van der Waals surface area (Å²) in [5, 5.41) is 2.13. The second-order valence-corrected chi connectivity index (χ2v) is 7.31. The van der Waals surface area contributed by atoms with Crippen LogP contribution in [0.2, 0.25) is 5.02 Å². The van der Waals surface area contributed by atoms with E-state index in [0.717, 1.165) is 24.7 Å². The maximum Gasteiger partial charge on any atom is 0.0637 e. The molecule has 0 saturated carbocycles. The second kappa shape index (κ2) is 6.02. The smallest absolute Gasteiger partial charge is 0.0637 e. The molecule has 2 heterocycles. The lowest BCUT2D eigenvalue weighted by Crippen LogP contribution is -2.43. The van der Waals surface area contributed by atoms with E-state index in [0.29, 0.717) is 12.0 Å². The first-order valence-corrected chi connectivity index (χ1v) is 8.48. The van der Waals surface area contributed by atoms with Crippen molar-refractivity contribution in [2.45, 2.75) is 32.4 Å². The monoisotopic (exact) mass is 308 g/mol. The Morgan fingerprint density at radius 2 is 2.15 bits per heavy atom. The number of fused-ring (bicyclic) bond motifs is 1. The van der Waals surface area contributed by atoms with Crippen LogP contribution in [-0.2, 0) is 6.54 Å². The van der Waals surface area contributed by atoms with Crippen LogP contribution < -0.4 is 5.73 Å². The standard InChI is InChI=1S/C16H21ClN2S/c1-11-6-7-12(8-18)9-19(11)10-15-16(17)13-4-2-3-5-14(13)20-15/h2-5,11-12H,6-10,18H2,1H3. The van der Waals surface area contributed by atoms with Crippen molar-refractivity contribution < 1.29 is 0 Å². The van der Waals surface area contributed by atoms with Gasteiger partial charge in [0.05, 0.1) is 5.02 Å². The van der Waals surface area contributed by atoms with Gasteiger partial charge in [-0.3, -0.25) is 4.90 Å². The molecule has 4 heteroatoms. The van der Waals surface area contributed by atoms with E-state index in [2.05, 4.69) is 36.1 Å². The van der Waals surface area contributed by atoms with E-state index >= 15 is 0 Å². The van der Waals surface area contributed by atoms with Crippen molar-refractivity contribution in [3.05, 3.63) is 34.2 Å². The van der Waals surface area contributed by atoms with E-state index in [4.69, 9.17) is 17.3 Å². The number of thiophene rings is 1. The fraction of sp³-hybridized carbons (Fsp3) is 0.500. The normalized spacial score (nSPS) is 24.4. The van der Waals surface area contributed by atoms with E-state index in [9.17, 15) is 0 Å². The summed E-state index contributed by atoms with van der Waals surface area (Å²) in [5.41, 5.74) is 5.85. The first-order chi connectivity index (χ1) is 9.69. The molecule has 0 bridgehead atoms. The molecule has 2 aromatic rings. The van der Waals surface area contributed by atoms with Crippen LogP contribution in [0.1, 0.15) is 24.6 Å². The highest BCUT2D eigenvalue weighted by Crippen LogP contribution is 2.37. The number of nitrogens with two attached hydrogens (primary N) is 1. The molecule has 1 aliphatic heterocycles. The second-order valence-electron chi connectivity index (χ2n) is 5.79. The molecule has 108 valence electrons. The largest absolute Gasteiger partial charge is 0.330 e. The Hall–Kier alpha value is -0.610. The Morgan fingerprint density at radius 1 is 1.35 bits per heavy atom. The molecule has 3 rings (SSSR count). The average Bonchev–Trinajstić information content (AvgIpc) is 2.78. The first-order valence-electron chi connectivity index (χ1n) is 7.29. The maximum absolute atomic E-state index is 6.55. The van der Waals surface area contributed by atoms with Gasteiger partial charge in [-0.1, -0.05) is 29.8 Å². The topological polar surface area (TPSA) is 29.3 Å². The number of piperidine rings is 1. The number of nitrogens with zero attached hydrogens (tertiary/aromatic N) is 1. The Kier molecular flexibility index (Phi) is 4.32. The van der Waals surface area contributed by atoms with Gasteiger partial charge in [-0.15, -0.1) is 11.3 Å². The fourth-order valence-electron chi connectivity index (χ4n) is 3.03. The highest BCUT2D eigenvalue weighted by atomic mass is 35.5. The number of benzene rings is 1. The highest BCUT2D eigenvalue weighted by Gasteiger charge is 2.25. The van der Waals surface area contributed by atoms with E-state index in [-0.39, 0.29) is 0 Å². The van der Waals surface area contributed by atoms with Crippen LogP contribution in [0.15, 0.2) is 24.3 Å². The third-order valence-corrected chi connectivity index (χ3v) is 6.09. The summed E-state index contributed by atoms with van der Waals surface area (Å²) in [7, 11) is 0. The molecule has 0 radical (unpaired) electrons. The van der Waals surface area contributed by atoms with Gasteiger partial charge in [-0.25, -0.2) is 0 Å². The third kappa shape index (κ3) is 2.73. The molecule has 2 nitrogen and oxygen atoms in total. The minimum atomic E-state index is 0.624. The third-order valence-electron chi connectivity index (χ3n) is 4.39. The zero-order valence-electron chi connectivity index (χ0n) is 11.8. The van der Waals surface area contributed by atoms with Gasteiger partial charge in [0.15, 0.2) is 0 Å². The SMILES string of the molecule is CC1CCC(CN)CN1Cc1sc2ccccc2c1Cl. The lowest BCUT2D eigenvalue weighted by molar-refractivity contribution is 0.114. The van der Waals surface area contributed by atoms with Crippen LogP contribution in [0.25, 0.3) is 10.1 Å². The predicted octanol–water partition coefficient (Wildman–Crippen LogP) is 4.11. The van der Waals surface area contributed by atoms with Crippen LogP contribution in [0, 0.1) is 5.92 Å². The van der Waals surface area contributed by atoms with Crippen LogP contribution in [0.5, 0.6) is 0 Å². The number of rotatable bonds is 3. The molecule has 20 heavy (non-hydrogen) atoms. The zero-order valence-corrected chi connectivity index (χ0v) is 13.4. The number of hydrogen-bond donors (Lipinski definition) is 1. The molecule has 0 aliphatic carbocycles. The summed E-state index contributed by atoms with van der Waals surface area (Å²) in [4.78, 5) is 3.83. The molecule has 2 unspecified atom stereocenters. The molecular weight excluding hydrogens is 288 g/mol. The van der Waals surface area contributed by atoms with Crippen molar-refractivity contribution in [1.82, 2.24) is 4.90 Å². The minimum Gasteiger partial charge on any atom is -0.330 e. The molecule has 1 saturated heterocycles. The number of halogens is 1. The first kappa shape index (κ1) is 14.3. The summed E-state index contributed by atoms with van der Waals surface area (Å²) >= 11 is 8.38. The van der Waals surface area contributed by atoms with Gasteiger partial charge in [-0.05, 0) is 38.3 Å². The summed E-state index contributed by atoms with van der Waals surface area (Å²) in [6.07, 6.45) is 2.50. The Labute approximate surface area is 129 Å². The van der Waals surface area contributed by atoms with Crippen LogP contribution in [0.3, 0.4) is 0 Å². The lowest BCUT2D eigenvalue weighted by Gasteiger charge is -2.37. The molecule has 1 aromatic heterocycles. The summed E-state index contributed by atoms with van der Waals surface area (Å²) in [6.45, 7) is 5.16. The predicted molar refractivity (Wildman–Crippen MR) is 88.5 cm³/mol. The molecule has 0 spiro atoms. The van der Waals surface area contributed by atoms with Gasteiger partial charge < -0.3 is 5.73 Å². The van der Waals surface area contributed by atoms with E-state index in [1.165, 1.54) is 27.8 Å². The molecule has 1 aliphatic rings. The molecule has 1 aromatic carbocycles. The van der Waals surface area contributed by atoms with Crippen molar-refractivity contribution in [3.8, 4) is 0 Å². The van der Waals surface area contributed by atoms with Crippen LogP contribution >= 0.6 is 22.9 Å². The fourth-order valence-corrected chi connectivity index (χ4v) is 4.54. The number of likely N-dealkylation sites (tertiary alicyclic amines) is 1. The minimum absolute atomic E-state index is 0.624. The summed E-state index contributed by atoms with van der Waals surface area (Å²) in [5.74, 6) is 0.638. The lowest BCUT2D eigenvalue weighted by atomic mass is 9.93. The molecule has 2 N–H and O–H groups in total. The quantitative estimate of drug-likeness (QED) is 0.924. The maximum atomic E-state index is 6.55. The summed E-state index contributed by atoms with van der Waals surface area (Å²) < 4.78 is 1.28. The molecule has 0 amide bonds. The molecular formula is C16H21ClN2S. The molecule has 1 fully saturated rings. The van der Waals surface area contributed by atoms with Gasteiger partial charge in [0, 0.05) is 34.1 Å². The van der Waals surface area contributed by atoms with Gasteiger partial charge >= 0.3 is 0 Å². The van der Waals surface area contributed by atoms with Gasteiger partial charge in [0.25, 0.3) is 0 Å². The zero-order chi connectivity index (χ0) is 14.1. The Morgan fingerprint density at radius 3 is 2.90 bits per heavy atom. The Balaban J connectivity index is 1.83. The summed E-state index contributed by atoms with van der Waals surface area (Å²) in [6, 6.07) is 9.02. The van der Waals surface area contributed by atoms with Crippen molar-refractivity contribution >= 4 is 33.0 Å². The van der Waals surface area contributed by atoms with Gasteiger partial charge in [0.2, 0.25) is 0 Å². The average molecular weight is 309 g/mol. The van der Waals surface area contributed by atoms with Crippen molar-refractivity contribution in [2.75, 3.05) is 13.1 Å². The van der Waals surface area contributed by atoms with Gasteiger partial charge in [-0.2, -0.15) is 0 Å².